The van der Waals surface area contributed by atoms with Gasteiger partial charge in [0.25, 0.3) is 0 Å². The molecule has 1 nitrogen and oxygen atoms in total. The van der Waals surface area contributed by atoms with Crippen LogP contribution in [0.25, 0.3) is 6.08 Å². The van der Waals surface area contributed by atoms with E-state index >= 15 is 0 Å². The van der Waals surface area contributed by atoms with Crippen molar-refractivity contribution < 1.29 is 8.78 Å². The van der Waals surface area contributed by atoms with Crippen LogP contribution in [0.1, 0.15) is 11.1 Å². The van der Waals surface area contributed by atoms with Crippen molar-refractivity contribution in [3.63, 3.8) is 0 Å². The molecule has 0 fully saturated rings. The maximum Gasteiger partial charge on any atom is 0.136 e. The predicted molar refractivity (Wildman–Crippen MR) is 49.2 cm³/mol. The third-order valence-electron chi connectivity index (χ3n) is 1.74. The first-order chi connectivity index (χ1) is 6.16. The highest BCUT2D eigenvalue weighted by atomic mass is 19.1. The minimum Gasteiger partial charge on any atom is -0.327 e. The summed E-state index contributed by atoms with van der Waals surface area (Å²) in [6, 6.07) is 2.65. The Morgan fingerprint density at radius 3 is 2.69 bits per heavy atom. The highest BCUT2D eigenvalue weighted by Gasteiger charge is 2.07. The van der Waals surface area contributed by atoms with E-state index in [0.717, 1.165) is 0 Å². The van der Waals surface area contributed by atoms with Crippen molar-refractivity contribution in [3.05, 3.63) is 41.0 Å². The van der Waals surface area contributed by atoms with Crippen molar-refractivity contribution in [2.45, 2.75) is 6.92 Å². The zero-order valence-corrected chi connectivity index (χ0v) is 7.35. The molecule has 13 heavy (non-hydrogen) atoms. The number of nitrogens with two attached hydrogens (primary N) is 1. The minimum absolute atomic E-state index is 0.0227. The second-order valence-corrected chi connectivity index (χ2v) is 2.73. The summed E-state index contributed by atoms with van der Waals surface area (Å²) >= 11 is 0. The minimum atomic E-state index is -0.562. The molecule has 3 heteroatoms. The lowest BCUT2D eigenvalue weighted by Crippen LogP contribution is -1.95. The molecular weight excluding hydrogens is 172 g/mol. The molecule has 0 spiro atoms. The van der Waals surface area contributed by atoms with Gasteiger partial charge in [-0.2, -0.15) is 0 Å². The first-order valence-corrected chi connectivity index (χ1v) is 3.98. The summed E-state index contributed by atoms with van der Waals surface area (Å²) in [7, 11) is 0. The highest BCUT2D eigenvalue weighted by Crippen LogP contribution is 2.17. The van der Waals surface area contributed by atoms with Gasteiger partial charge in [-0.15, -0.1) is 0 Å². The van der Waals surface area contributed by atoms with E-state index in [9.17, 15) is 8.78 Å². The van der Waals surface area contributed by atoms with Crippen molar-refractivity contribution in [2.24, 2.45) is 5.73 Å². The van der Waals surface area contributed by atoms with E-state index in [-0.39, 0.29) is 12.1 Å². The Morgan fingerprint density at radius 1 is 1.38 bits per heavy atom. The average molecular weight is 183 g/mol. The Hall–Kier alpha value is -1.22. The maximum absolute atomic E-state index is 13.3. The van der Waals surface area contributed by atoms with Crippen LogP contribution in [0, 0.1) is 18.6 Å². The second-order valence-electron chi connectivity index (χ2n) is 2.73. The molecule has 0 aliphatic carbocycles. The summed E-state index contributed by atoms with van der Waals surface area (Å²) in [4.78, 5) is 0. The molecule has 1 rings (SSSR count). The zero-order valence-electron chi connectivity index (χ0n) is 7.35. The van der Waals surface area contributed by atoms with Crippen LogP contribution >= 0.6 is 0 Å². The smallest absolute Gasteiger partial charge is 0.136 e. The van der Waals surface area contributed by atoms with Gasteiger partial charge in [0, 0.05) is 12.1 Å². The Kier molecular flexibility index (Phi) is 3.14. The van der Waals surface area contributed by atoms with Crippen molar-refractivity contribution in [1.29, 1.82) is 0 Å². The van der Waals surface area contributed by atoms with Crippen LogP contribution in [0.3, 0.4) is 0 Å². The number of hydrogen-bond acceptors (Lipinski definition) is 1. The maximum atomic E-state index is 13.3. The van der Waals surface area contributed by atoms with Crippen LogP contribution in [0.4, 0.5) is 8.78 Å². The fourth-order valence-electron chi connectivity index (χ4n) is 1.02. The normalized spacial score (nSPS) is 11.1. The number of benzene rings is 1. The Morgan fingerprint density at radius 2 is 2.08 bits per heavy atom. The van der Waals surface area contributed by atoms with Crippen LogP contribution in [0.5, 0.6) is 0 Å². The summed E-state index contributed by atoms with van der Waals surface area (Å²) in [5.41, 5.74) is 5.59. The molecule has 1 aromatic rings. The number of rotatable bonds is 2. The largest absolute Gasteiger partial charge is 0.327 e. The van der Waals surface area contributed by atoms with E-state index in [0.29, 0.717) is 5.56 Å². The molecule has 70 valence electrons. The molecule has 0 aromatic heterocycles. The highest BCUT2D eigenvalue weighted by molar-refractivity contribution is 5.52. The molecule has 0 atom stereocenters. The van der Waals surface area contributed by atoms with Gasteiger partial charge in [0.15, 0.2) is 0 Å². The van der Waals surface area contributed by atoms with Gasteiger partial charge in [0.2, 0.25) is 0 Å². The topological polar surface area (TPSA) is 26.0 Å². The number of aryl methyl sites for hydroxylation is 1. The van der Waals surface area contributed by atoms with Crippen molar-refractivity contribution >= 4 is 6.08 Å². The third kappa shape index (κ3) is 2.12. The summed E-state index contributed by atoms with van der Waals surface area (Å²) < 4.78 is 26.3. The molecular formula is C10H11F2N. The van der Waals surface area contributed by atoms with Crippen LogP contribution in [-0.2, 0) is 0 Å². The number of halogens is 2. The first-order valence-electron chi connectivity index (χ1n) is 3.98. The molecule has 0 radical (unpaired) electrons. The van der Waals surface area contributed by atoms with Crippen LogP contribution in [0.15, 0.2) is 18.2 Å². The van der Waals surface area contributed by atoms with E-state index in [1.165, 1.54) is 24.3 Å². The van der Waals surface area contributed by atoms with Gasteiger partial charge < -0.3 is 5.73 Å². The van der Waals surface area contributed by atoms with E-state index in [1.54, 1.807) is 6.92 Å². The molecule has 0 aliphatic rings. The van der Waals surface area contributed by atoms with Gasteiger partial charge >= 0.3 is 0 Å². The molecule has 0 saturated heterocycles. The SMILES string of the molecule is Cc1ccc(F)c(/C=C/CN)c1F. The van der Waals surface area contributed by atoms with Gasteiger partial charge in [-0.3, -0.25) is 0 Å². The lowest BCUT2D eigenvalue weighted by Gasteiger charge is -2.01. The zero-order chi connectivity index (χ0) is 9.84. The van der Waals surface area contributed by atoms with Gasteiger partial charge in [-0.25, -0.2) is 8.78 Å². The van der Waals surface area contributed by atoms with E-state index in [2.05, 4.69) is 0 Å². The van der Waals surface area contributed by atoms with Gasteiger partial charge in [0.05, 0.1) is 0 Å². The lowest BCUT2D eigenvalue weighted by atomic mass is 10.1. The third-order valence-corrected chi connectivity index (χ3v) is 1.74. The standard InChI is InChI=1S/C10H11F2N/c1-7-4-5-9(11)8(10(7)12)3-2-6-13/h2-5H,6,13H2,1H3/b3-2+. The Balaban J connectivity index is 3.17. The van der Waals surface area contributed by atoms with E-state index in [1.807, 2.05) is 0 Å². The molecule has 0 saturated carbocycles. The van der Waals surface area contributed by atoms with Gasteiger partial charge in [-0.1, -0.05) is 18.2 Å². The fourth-order valence-corrected chi connectivity index (χ4v) is 1.02. The van der Waals surface area contributed by atoms with E-state index in [4.69, 9.17) is 5.73 Å². The monoisotopic (exact) mass is 183 g/mol. The van der Waals surface area contributed by atoms with Crippen molar-refractivity contribution in [3.8, 4) is 0 Å². The molecule has 2 N–H and O–H groups in total. The van der Waals surface area contributed by atoms with Crippen LogP contribution in [-0.4, -0.2) is 6.54 Å². The van der Waals surface area contributed by atoms with Crippen LogP contribution in [0.2, 0.25) is 0 Å². The second kappa shape index (κ2) is 4.14. The van der Waals surface area contributed by atoms with Gasteiger partial charge in [-0.05, 0) is 18.6 Å². The molecule has 0 heterocycles. The summed E-state index contributed by atoms with van der Waals surface area (Å²) in [6.45, 7) is 1.86. The Bertz CT molecular complexity index is 332. The Labute approximate surface area is 75.9 Å². The summed E-state index contributed by atoms with van der Waals surface area (Å²) in [5.74, 6) is -1.09. The quantitative estimate of drug-likeness (QED) is 0.747. The number of hydrogen-bond donors (Lipinski definition) is 1. The molecule has 0 aliphatic heterocycles. The summed E-state index contributed by atoms with van der Waals surface area (Å²) in [6.07, 6.45) is 2.87. The van der Waals surface area contributed by atoms with Crippen molar-refractivity contribution in [2.75, 3.05) is 6.54 Å². The molecule has 0 bridgehead atoms. The molecule has 0 amide bonds. The van der Waals surface area contributed by atoms with Crippen molar-refractivity contribution in [1.82, 2.24) is 0 Å². The summed E-state index contributed by atoms with van der Waals surface area (Å²) in [5, 5.41) is 0. The van der Waals surface area contributed by atoms with Crippen LogP contribution < -0.4 is 5.73 Å². The fraction of sp³-hybridized carbons (Fsp3) is 0.200. The molecule has 0 unspecified atom stereocenters. The molecule has 1 aromatic carbocycles. The lowest BCUT2D eigenvalue weighted by molar-refractivity contribution is 0.573. The average Bonchev–Trinajstić information content (AvgIpc) is 2.12. The first kappa shape index (κ1) is 9.86. The van der Waals surface area contributed by atoms with Gasteiger partial charge in [0.1, 0.15) is 11.6 Å². The predicted octanol–water partition coefficient (Wildman–Crippen LogP) is 2.25. The van der Waals surface area contributed by atoms with E-state index < -0.39 is 11.6 Å².